The summed E-state index contributed by atoms with van der Waals surface area (Å²) in [6, 6.07) is 12.4. The van der Waals surface area contributed by atoms with Crippen LogP contribution < -0.4 is 4.74 Å². The molecular weight excluding hydrogens is 413 g/mol. The van der Waals surface area contributed by atoms with E-state index in [-0.39, 0.29) is 19.7 Å². The number of ether oxygens (including phenoxy) is 2. The molecule has 2 rings (SSSR count). The van der Waals surface area contributed by atoms with Gasteiger partial charge in [0.05, 0.1) is 23.8 Å². The summed E-state index contributed by atoms with van der Waals surface area (Å²) in [5.41, 5.74) is 0.0332. The van der Waals surface area contributed by atoms with Gasteiger partial charge >= 0.3 is 12.1 Å². The molecule has 2 aromatic rings. The zero-order chi connectivity index (χ0) is 23.0. The molecule has 6 nitrogen and oxygen atoms in total. The number of halogens is 3. The van der Waals surface area contributed by atoms with E-state index in [4.69, 9.17) is 14.7 Å². The van der Waals surface area contributed by atoms with Gasteiger partial charge in [-0.05, 0) is 55.8 Å². The van der Waals surface area contributed by atoms with Crippen LogP contribution in [0.2, 0.25) is 0 Å². The van der Waals surface area contributed by atoms with Crippen molar-refractivity contribution in [1.29, 1.82) is 5.26 Å². The maximum atomic E-state index is 12.9. The van der Waals surface area contributed by atoms with Crippen LogP contribution in [0.3, 0.4) is 0 Å². The summed E-state index contributed by atoms with van der Waals surface area (Å²) in [6.45, 7) is 2.76. The van der Waals surface area contributed by atoms with E-state index in [1.165, 1.54) is 43.3 Å². The molecule has 1 amide bonds. The molecule has 0 spiro atoms. The predicted molar refractivity (Wildman–Crippen MR) is 105 cm³/mol. The minimum atomic E-state index is -4.47. The van der Waals surface area contributed by atoms with E-state index in [0.717, 1.165) is 17.0 Å². The van der Waals surface area contributed by atoms with E-state index in [2.05, 4.69) is 0 Å². The highest BCUT2D eigenvalue weighted by Crippen LogP contribution is 2.29. The number of amides is 1. The number of nitriles is 1. The molecular formula is C22H21F3N2O4. The molecule has 0 radical (unpaired) electrons. The van der Waals surface area contributed by atoms with Crippen LogP contribution in [0.25, 0.3) is 0 Å². The second-order valence-corrected chi connectivity index (χ2v) is 6.59. The standard InChI is InChI=1S/C22H21F3N2O4/c1-3-30-20(28)14-27(13-17-4-8-18(9-5-17)22(23,24)25)21(29)15(2)31-19-10-6-16(12-26)7-11-19/h4-11,15H,3,13-14H2,1-2H3. The lowest BCUT2D eigenvalue weighted by molar-refractivity contribution is -0.151. The molecule has 0 heterocycles. The fraction of sp³-hybridized carbons (Fsp3) is 0.318. The Morgan fingerprint density at radius 1 is 1.10 bits per heavy atom. The second-order valence-electron chi connectivity index (χ2n) is 6.59. The Balaban J connectivity index is 2.16. The largest absolute Gasteiger partial charge is 0.481 e. The smallest absolute Gasteiger partial charge is 0.416 e. The summed E-state index contributed by atoms with van der Waals surface area (Å²) in [5.74, 6) is -0.837. The van der Waals surface area contributed by atoms with Crippen molar-refractivity contribution in [2.45, 2.75) is 32.7 Å². The highest BCUT2D eigenvalue weighted by Gasteiger charge is 2.30. The van der Waals surface area contributed by atoms with Gasteiger partial charge in [0, 0.05) is 6.54 Å². The highest BCUT2D eigenvalue weighted by molar-refractivity contribution is 5.85. The Morgan fingerprint density at radius 2 is 1.71 bits per heavy atom. The Hall–Kier alpha value is -3.54. The van der Waals surface area contributed by atoms with Gasteiger partial charge in [-0.1, -0.05) is 12.1 Å². The van der Waals surface area contributed by atoms with Gasteiger partial charge < -0.3 is 14.4 Å². The first-order valence-corrected chi connectivity index (χ1v) is 9.41. The first-order valence-electron chi connectivity index (χ1n) is 9.41. The van der Waals surface area contributed by atoms with Crippen LogP contribution in [-0.2, 0) is 27.0 Å². The molecule has 2 aromatic carbocycles. The van der Waals surface area contributed by atoms with Gasteiger partial charge in [-0.2, -0.15) is 18.4 Å². The second kappa shape index (κ2) is 10.5. The Morgan fingerprint density at radius 3 is 2.23 bits per heavy atom. The number of nitrogens with zero attached hydrogens (tertiary/aromatic N) is 2. The fourth-order valence-electron chi connectivity index (χ4n) is 2.71. The van der Waals surface area contributed by atoms with Crippen LogP contribution in [0.15, 0.2) is 48.5 Å². The zero-order valence-corrected chi connectivity index (χ0v) is 17.0. The van der Waals surface area contributed by atoms with Crippen molar-refractivity contribution in [3.05, 3.63) is 65.2 Å². The van der Waals surface area contributed by atoms with Crippen molar-refractivity contribution >= 4 is 11.9 Å². The molecule has 0 aliphatic rings. The third kappa shape index (κ3) is 7.03. The van der Waals surface area contributed by atoms with E-state index < -0.39 is 29.7 Å². The van der Waals surface area contributed by atoms with E-state index in [1.807, 2.05) is 6.07 Å². The SMILES string of the molecule is CCOC(=O)CN(Cc1ccc(C(F)(F)F)cc1)C(=O)C(C)Oc1ccc(C#N)cc1. The number of alkyl halides is 3. The minimum Gasteiger partial charge on any atom is -0.481 e. The average Bonchev–Trinajstić information content (AvgIpc) is 2.73. The number of esters is 1. The van der Waals surface area contributed by atoms with Crippen molar-refractivity contribution in [1.82, 2.24) is 4.90 Å². The zero-order valence-electron chi connectivity index (χ0n) is 17.0. The monoisotopic (exact) mass is 434 g/mol. The number of carbonyl (C=O) groups excluding carboxylic acids is 2. The lowest BCUT2D eigenvalue weighted by Gasteiger charge is -2.25. The van der Waals surface area contributed by atoms with Gasteiger partial charge in [-0.3, -0.25) is 9.59 Å². The number of rotatable bonds is 8. The molecule has 0 saturated carbocycles. The maximum absolute atomic E-state index is 12.9. The third-order valence-corrected chi connectivity index (χ3v) is 4.24. The van der Waals surface area contributed by atoms with Crippen molar-refractivity contribution < 1.29 is 32.2 Å². The van der Waals surface area contributed by atoms with E-state index in [1.54, 1.807) is 6.92 Å². The molecule has 0 aromatic heterocycles. The minimum absolute atomic E-state index is 0.100. The van der Waals surface area contributed by atoms with Crippen LogP contribution in [-0.4, -0.2) is 36.0 Å². The van der Waals surface area contributed by atoms with Gasteiger partial charge in [0.1, 0.15) is 12.3 Å². The molecule has 0 fully saturated rings. The average molecular weight is 434 g/mol. The predicted octanol–water partition coefficient (Wildman–Crippen LogP) is 3.94. The summed E-state index contributed by atoms with van der Waals surface area (Å²) in [6.07, 6.45) is -5.46. The molecule has 1 unspecified atom stereocenters. The van der Waals surface area contributed by atoms with Crippen LogP contribution in [0.1, 0.15) is 30.5 Å². The summed E-state index contributed by atoms with van der Waals surface area (Å²) < 4.78 is 48.8. The van der Waals surface area contributed by atoms with Gasteiger partial charge in [-0.25, -0.2) is 0 Å². The van der Waals surface area contributed by atoms with Crippen LogP contribution in [0.4, 0.5) is 13.2 Å². The quantitative estimate of drug-likeness (QED) is 0.588. The summed E-state index contributed by atoms with van der Waals surface area (Å²) in [5, 5.41) is 8.84. The lowest BCUT2D eigenvalue weighted by Crippen LogP contribution is -2.43. The summed E-state index contributed by atoms with van der Waals surface area (Å²) in [4.78, 5) is 26.0. The molecule has 0 N–H and O–H groups in total. The van der Waals surface area contributed by atoms with Crippen LogP contribution in [0, 0.1) is 11.3 Å². The number of carbonyl (C=O) groups is 2. The van der Waals surface area contributed by atoms with Crippen molar-refractivity contribution in [3.8, 4) is 11.8 Å². The van der Waals surface area contributed by atoms with E-state index >= 15 is 0 Å². The first kappa shape index (κ1) is 23.7. The topological polar surface area (TPSA) is 79.6 Å². The lowest BCUT2D eigenvalue weighted by atomic mass is 10.1. The number of hydrogen-bond acceptors (Lipinski definition) is 5. The third-order valence-electron chi connectivity index (χ3n) is 4.24. The number of hydrogen-bond donors (Lipinski definition) is 0. The van der Waals surface area contributed by atoms with Crippen molar-refractivity contribution in [3.63, 3.8) is 0 Å². The van der Waals surface area contributed by atoms with E-state index in [0.29, 0.717) is 16.9 Å². The van der Waals surface area contributed by atoms with Crippen LogP contribution >= 0.6 is 0 Å². The Labute approximate surface area is 177 Å². The Kier molecular flexibility index (Phi) is 8.02. The normalized spacial score (nSPS) is 11.9. The molecule has 0 bridgehead atoms. The maximum Gasteiger partial charge on any atom is 0.416 e. The van der Waals surface area contributed by atoms with Gasteiger partial charge in [0.25, 0.3) is 5.91 Å². The molecule has 0 aliphatic heterocycles. The van der Waals surface area contributed by atoms with Gasteiger partial charge in [0.2, 0.25) is 0 Å². The molecule has 9 heteroatoms. The first-order chi connectivity index (χ1) is 14.6. The summed E-state index contributed by atoms with van der Waals surface area (Å²) >= 11 is 0. The fourth-order valence-corrected chi connectivity index (χ4v) is 2.71. The van der Waals surface area contributed by atoms with Crippen LogP contribution in [0.5, 0.6) is 5.75 Å². The van der Waals surface area contributed by atoms with Gasteiger partial charge in [0.15, 0.2) is 6.10 Å². The Bertz CT molecular complexity index is 935. The number of benzene rings is 2. The summed E-state index contributed by atoms with van der Waals surface area (Å²) in [7, 11) is 0. The molecule has 0 aliphatic carbocycles. The molecule has 1 atom stereocenters. The molecule has 31 heavy (non-hydrogen) atoms. The highest BCUT2D eigenvalue weighted by atomic mass is 19.4. The van der Waals surface area contributed by atoms with E-state index in [9.17, 15) is 22.8 Å². The molecule has 164 valence electrons. The van der Waals surface area contributed by atoms with Crippen molar-refractivity contribution in [2.75, 3.05) is 13.2 Å². The van der Waals surface area contributed by atoms with Crippen molar-refractivity contribution in [2.24, 2.45) is 0 Å². The van der Waals surface area contributed by atoms with Gasteiger partial charge in [-0.15, -0.1) is 0 Å². The molecule has 0 saturated heterocycles.